The molecule has 0 bridgehead atoms. The molecule has 2 atom stereocenters. The van der Waals surface area contributed by atoms with Crippen molar-refractivity contribution in [2.75, 3.05) is 10.6 Å². The number of fused-ring (bicyclic) bond motifs is 3. The first kappa shape index (κ1) is 22.5. The van der Waals surface area contributed by atoms with Crippen LogP contribution < -0.4 is 16.0 Å². The van der Waals surface area contributed by atoms with Gasteiger partial charge in [-0.15, -0.1) is 0 Å². The Kier molecular flexibility index (Phi) is 7.10. The number of nitrogens with one attached hydrogen (secondary N) is 1. The first-order valence-electron chi connectivity index (χ1n) is 11.0. The molecule has 0 spiro atoms. The maximum absolute atomic E-state index is 13.4. The number of hydrogen-bond donors (Lipinski definition) is 2. The van der Waals surface area contributed by atoms with Crippen LogP contribution in [0.1, 0.15) is 64.4 Å². The van der Waals surface area contributed by atoms with Crippen molar-refractivity contribution in [3.63, 3.8) is 0 Å². The van der Waals surface area contributed by atoms with Gasteiger partial charge in [0.2, 0.25) is 11.8 Å². The predicted molar refractivity (Wildman–Crippen MR) is 124 cm³/mol. The van der Waals surface area contributed by atoms with Gasteiger partial charge < -0.3 is 11.1 Å². The molecular formula is C25H31N3O3. The van der Waals surface area contributed by atoms with Crippen LogP contribution >= 0.6 is 0 Å². The van der Waals surface area contributed by atoms with Crippen molar-refractivity contribution in [3.05, 3.63) is 48.0 Å². The number of benzene rings is 2. The molecule has 1 unspecified atom stereocenters. The second-order valence-corrected chi connectivity index (χ2v) is 8.16. The average Bonchev–Trinajstić information content (AvgIpc) is 2.85. The molecule has 6 heteroatoms. The van der Waals surface area contributed by atoms with Gasteiger partial charge in [-0.3, -0.25) is 14.4 Å². The fourth-order valence-electron chi connectivity index (χ4n) is 4.09. The van der Waals surface area contributed by atoms with Crippen LogP contribution in [-0.2, 0) is 14.4 Å². The molecule has 31 heavy (non-hydrogen) atoms. The first-order chi connectivity index (χ1) is 14.9. The summed E-state index contributed by atoms with van der Waals surface area (Å²) in [5.41, 5.74) is 9.59. The lowest BCUT2D eigenvalue weighted by molar-refractivity contribution is -0.131. The Balaban J connectivity index is 1.91. The smallest absolute Gasteiger partial charge is 0.256 e. The van der Waals surface area contributed by atoms with E-state index in [0.29, 0.717) is 23.4 Å². The van der Waals surface area contributed by atoms with Gasteiger partial charge in [-0.1, -0.05) is 56.5 Å². The largest absolute Gasteiger partial charge is 0.398 e. The van der Waals surface area contributed by atoms with E-state index < -0.39 is 17.9 Å². The summed E-state index contributed by atoms with van der Waals surface area (Å²) in [6.07, 6.45) is 4.32. The van der Waals surface area contributed by atoms with E-state index in [2.05, 4.69) is 12.2 Å². The molecule has 0 fully saturated rings. The highest BCUT2D eigenvalue weighted by Crippen LogP contribution is 2.44. The minimum Gasteiger partial charge on any atom is -0.398 e. The molecule has 0 saturated heterocycles. The SMILES string of the molecule is CCCCCCC(=O)N[C@@H](C)C(=O)N1C(=O)C(C)c2ccccc2-c2c(N)cccc21. The third-order valence-corrected chi connectivity index (χ3v) is 5.83. The first-order valence-corrected chi connectivity index (χ1v) is 11.0. The minimum atomic E-state index is -0.828. The third kappa shape index (κ3) is 4.63. The predicted octanol–water partition coefficient (Wildman–Crippen LogP) is 4.39. The normalized spacial score (nSPS) is 16.2. The Bertz CT molecular complexity index is 986. The van der Waals surface area contributed by atoms with Crippen molar-refractivity contribution < 1.29 is 14.4 Å². The zero-order chi connectivity index (χ0) is 22.5. The van der Waals surface area contributed by atoms with E-state index in [1.165, 1.54) is 4.90 Å². The van der Waals surface area contributed by atoms with Crippen LogP contribution in [0.4, 0.5) is 11.4 Å². The number of rotatable bonds is 7. The Morgan fingerprint density at radius 2 is 1.84 bits per heavy atom. The summed E-state index contributed by atoms with van der Waals surface area (Å²) in [6.45, 7) is 5.53. The molecule has 1 heterocycles. The Morgan fingerprint density at radius 3 is 2.58 bits per heavy atom. The maximum atomic E-state index is 13.4. The van der Waals surface area contributed by atoms with Gasteiger partial charge in [-0.25, -0.2) is 4.90 Å². The molecule has 1 aliphatic heterocycles. The fraction of sp³-hybridized carbons (Fsp3) is 0.400. The molecular weight excluding hydrogens is 390 g/mol. The second kappa shape index (κ2) is 9.77. The standard InChI is InChI=1S/C25H31N3O3/c1-4-5-6-7-15-22(29)27-17(3)25(31)28-21-14-10-13-20(26)23(21)19-12-9-8-11-18(19)16(2)24(28)30/h8-14,16-17H,4-7,15,26H2,1-3H3,(H,27,29)/t16?,17-/m0/s1. The fourth-order valence-corrected chi connectivity index (χ4v) is 4.09. The summed E-state index contributed by atoms with van der Waals surface area (Å²) >= 11 is 0. The van der Waals surface area contributed by atoms with Crippen LogP contribution in [0.3, 0.4) is 0 Å². The van der Waals surface area contributed by atoms with Crippen LogP contribution in [-0.4, -0.2) is 23.8 Å². The summed E-state index contributed by atoms with van der Waals surface area (Å²) in [7, 11) is 0. The van der Waals surface area contributed by atoms with Crippen molar-refractivity contribution in [2.45, 2.75) is 64.8 Å². The quantitative estimate of drug-likeness (QED) is 0.512. The number of nitrogens with two attached hydrogens (primary N) is 1. The number of carbonyl (C=O) groups is 3. The number of nitrogen functional groups attached to an aromatic ring is 1. The van der Waals surface area contributed by atoms with E-state index in [9.17, 15) is 14.4 Å². The van der Waals surface area contributed by atoms with Gasteiger partial charge in [-0.2, -0.15) is 0 Å². The van der Waals surface area contributed by atoms with Crippen LogP contribution in [0.25, 0.3) is 11.1 Å². The van der Waals surface area contributed by atoms with E-state index in [1.54, 1.807) is 32.0 Å². The van der Waals surface area contributed by atoms with E-state index in [-0.39, 0.29) is 11.8 Å². The Labute approximate surface area is 183 Å². The molecule has 3 amide bonds. The molecule has 164 valence electrons. The Hall–Kier alpha value is -3.15. The molecule has 0 aliphatic carbocycles. The number of anilines is 2. The third-order valence-electron chi connectivity index (χ3n) is 5.83. The van der Waals surface area contributed by atoms with Crippen LogP contribution in [0.5, 0.6) is 0 Å². The van der Waals surface area contributed by atoms with Crippen molar-refractivity contribution in [1.82, 2.24) is 5.32 Å². The molecule has 0 saturated carbocycles. The number of carbonyl (C=O) groups excluding carboxylic acids is 3. The second-order valence-electron chi connectivity index (χ2n) is 8.16. The molecule has 2 aromatic rings. The van der Waals surface area contributed by atoms with Gasteiger partial charge in [0.1, 0.15) is 6.04 Å². The van der Waals surface area contributed by atoms with Gasteiger partial charge in [0.05, 0.1) is 11.6 Å². The Morgan fingerprint density at radius 1 is 1.10 bits per heavy atom. The number of imide groups is 1. The van der Waals surface area contributed by atoms with Crippen LogP contribution in [0.15, 0.2) is 42.5 Å². The van der Waals surface area contributed by atoms with Crippen molar-refractivity contribution in [3.8, 4) is 11.1 Å². The van der Waals surface area contributed by atoms with Crippen LogP contribution in [0.2, 0.25) is 0 Å². The van der Waals surface area contributed by atoms with Gasteiger partial charge in [0.15, 0.2) is 0 Å². The minimum absolute atomic E-state index is 0.177. The van der Waals surface area contributed by atoms with Crippen molar-refractivity contribution in [2.24, 2.45) is 0 Å². The van der Waals surface area contributed by atoms with Gasteiger partial charge in [0.25, 0.3) is 5.91 Å². The van der Waals surface area contributed by atoms with Gasteiger partial charge in [-0.05, 0) is 43.5 Å². The highest BCUT2D eigenvalue weighted by molar-refractivity contribution is 6.22. The maximum Gasteiger partial charge on any atom is 0.256 e. The van der Waals surface area contributed by atoms with E-state index >= 15 is 0 Å². The lowest BCUT2D eigenvalue weighted by Crippen LogP contribution is -2.50. The molecule has 2 aromatic carbocycles. The highest BCUT2D eigenvalue weighted by Gasteiger charge is 2.37. The number of nitrogens with zero attached hydrogens (tertiary/aromatic N) is 1. The molecule has 0 radical (unpaired) electrons. The van der Waals surface area contributed by atoms with Crippen molar-refractivity contribution in [1.29, 1.82) is 0 Å². The summed E-state index contributed by atoms with van der Waals surface area (Å²) in [5.74, 6) is -1.49. The van der Waals surface area contributed by atoms with Gasteiger partial charge >= 0.3 is 0 Å². The highest BCUT2D eigenvalue weighted by atomic mass is 16.2. The topological polar surface area (TPSA) is 92.5 Å². The van der Waals surface area contributed by atoms with Crippen molar-refractivity contribution >= 4 is 29.1 Å². The number of hydrogen-bond acceptors (Lipinski definition) is 4. The van der Waals surface area contributed by atoms with E-state index in [1.807, 2.05) is 24.3 Å². The zero-order valence-electron chi connectivity index (χ0n) is 18.5. The molecule has 0 aromatic heterocycles. The summed E-state index contributed by atoms with van der Waals surface area (Å²) in [5, 5.41) is 2.76. The number of amides is 3. The molecule has 3 N–H and O–H groups in total. The summed E-state index contributed by atoms with van der Waals surface area (Å²) < 4.78 is 0. The van der Waals surface area contributed by atoms with E-state index in [0.717, 1.165) is 36.8 Å². The summed E-state index contributed by atoms with van der Waals surface area (Å²) in [6, 6.07) is 12.0. The molecule has 6 nitrogen and oxygen atoms in total. The zero-order valence-corrected chi connectivity index (χ0v) is 18.5. The molecule has 1 aliphatic rings. The number of unbranched alkanes of at least 4 members (excludes halogenated alkanes) is 3. The lowest BCUT2D eigenvalue weighted by Gasteiger charge is -2.26. The monoisotopic (exact) mass is 421 g/mol. The van der Waals surface area contributed by atoms with E-state index in [4.69, 9.17) is 5.73 Å². The lowest BCUT2D eigenvalue weighted by atomic mass is 9.92. The summed E-state index contributed by atoms with van der Waals surface area (Å²) in [4.78, 5) is 40.3. The molecule has 3 rings (SSSR count). The average molecular weight is 422 g/mol. The van der Waals surface area contributed by atoms with Gasteiger partial charge in [0, 0.05) is 17.7 Å². The van der Waals surface area contributed by atoms with Crippen LogP contribution in [0, 0.1) is 0 Å².